The Bertz CT molecular complexity index is 501. The van der Waals surface area contributed by atoms with Crippen LogP contribution >= 0.6 is 0 Å². The predicted molar refractivity (Wildman–Crippen MR) is 67.6 cm³/mol. The Morgan fingerprint density at radius 1 is 0.778 bits per heavy atom. The first kappa shape index (κ1) is 12.2. The second-order valence-corrected chi connectivity index (χ2v) is 3.67. The molecule has 1 heterocycles. The maximum absolute atomic E-state index is 5.32. The van der Waals surface area contributed by atoms with Crippen LogP contribution in [0.1, 0.15) is 0 Å². The highest BCUT2D eigenvalue weighted by molar-refractivity contribution is 5.55. The van der Waals surface area contributed by atoms with E-state index in [1.54, 1.807) is 21.3 Å². The monoisotopic (exact) mass is 246 g/mol. The summed E-state index contributed by atoms with van der Waals surface area (Å²) in [4.78, 5) is 0. The molecular formula is C14H16NO3+. The molecule has 4 nitrogen and oxygen atoms in total. The lowest BCUT2D eigenvalue weighted by molar-refractivity contribution is -0.595. The molecule has 4 heteroatoms. The van der Waals surface area contributed by atoms with Gasteiger partial charge in [0.2, 0.25) is 11.4 Å². The molecule has 0 atom stereocenters. The normalized spacial score (nSPS) is 9.94. The first-order valence-electron chi connectivity index (χ1n) is 5.57. The summed E-state index contributed by atoms with van der Waals surface area (Å²) in [5.74, 6) is 1.88. The molecule has 0 spiro atoms. The zero-order valence-corrected chi connectivity index (χ0v) is 10.7. The van der Waals surface area contributed by atoms with Crippen molar-refractivity contribution in [1.29, 1.82) is 0 Å². The Balaban J connectivity index is 2.57. The summed E-state index contributed by atoms with van der Waals surface area (Å²) >= 11 is 0. The van der Waals surface area contributed by atoms with Crippen LogP contribution in [0.2, 0.25) is 0 Å². The van der Waals surface area contributed by atoms with Crippen molar-refractivity contribution < 1.29 is 18.8 Å². The summed E-state index contributed by atoms with van der Waals surface area (Å²) in [6.07, 6.45) is 3.92. The summed E-state index contributed by atoms with van der Waals surface area (Å²) in [5, 5.41) is 0. The van der Waals surface area contributed by atoms with Gasteiger partial charge in [0.1, 0.15) is 0 Å². The lowest BCUT2D eigenvalue weighted by Crippen LogP contribution is -2.28. The molecule has 18 heavy (non-hydrogen) atoms. The van der Waals surface area contributed by atoms with Gasteiger partial charge in [-0.15, -0.1) is 0 Å². The molecule has 2 rings (SSSR count). The molecule has 0 fully saturated rings. The zero-order valence-electron chi connectivity index (χ0n) is 10.7. The number of ether oxygens (including phenoxy) is 3. The lowest BCUT2D eigenvalue weighted by Gasteiger charge is -2.11. The number of benzene rings is 1. The van der Waals surface area contributed by atoms with Crippen molar-refractivity contribution in [2.24, 2.45) is 0 Å². The van der Waals surface area contributed by atoms with Crippen LogP contribution in [0.5, 0.6) is 17.2 Å². The average molecular weight is 246 g/mol. The molecule has 0 N–H and O–H groups in total. The molecule has 0 bridgehead atoms. The highest BCUT2D eigenvalue weighted by Crippen LogP contribution is 2.38. The average Bonchev–Trinajstić information content (AvgIpc) is 2.46. The van der Waals surface area contributed by atoms with E-state index in [0.29, 0.717) is 17.2 Å². The molecule has 0 radical (unpaired) electrons. The van der Waals surface area contributed by atoms with Crippen LogP contribution in [0.3, 0.4) is 0 Å². The van der Waals surface area contributed by atoms with Crippen molar-refractivity contribution in [2.45, 2.75) is 0 Å². The van der Waals surface area contributed by atoms with Gasteiger partial charge in [0.25, 0.3) is 0 Å². The SMILES string of the molecule is COc1cc(-[n+]2ccccc2)cc(OC)c1OC. The second kappa shape index (κ2) is 5.40. The van der Waals surface area contributed by atoms with E-state index in [-0.39, 0.29) is 0 Å². The van der Waals surface area contributed by atoms with Gasteiger partial charge < -0.3 is 14.2 Å². The van der Waals surface area contributed by atoms with Crippen molar-refractivity contribution in [2.75, 3.05) is 21.3 Å². The smallest absolute Gasteiger partial charge is 0.218 e. The standard InChI is InChI=1S/C14H16NO3/c1-16-12-9-11(15-7-5-4-6-8-15)10-13(17-2)14(12)18-3/h4-10H,1-3H3/q+1. The number of hydrogen-bond donors (Lipinski definition) is 0. The molecule has 0 saturated carbocycles. The van der Waals surface area contributed by atoms with E-state index in [0.717, 1.165) is 5.69 Å². The summed E-state index contributed by atoms with van der Waals surface area (Å²) in [6.45, 7) is 0. The van der Waals surface area contributed by atoms with Crippen molar-refractivity contribution in [3.63, 3.8) is 0 Å². The van der Waals surface area contributed by atoms with Crippen LogP contribution in [0, 0.1) is 0 Å². The summed E-state index contributed by atoms with van der Waals surface area (Å²) in [7, 11) is 4.81. The Morgan fingerprint density at radius 3 is 1.78 bits per heavy atom. The third-order valence-electron chi connectivity index (χ3n) is 2.66. The highest BCUT2D eigenvalue weighted by atomic mass is 16.5. The summed E-state index contributed by atoms with van der Waals surface area (Å²) in [5.41, 5.74) is 0.949. The fraction of sp³-hybridized carbons (Fsp3) is 0.214. The summed E-state index contributed by atoms with van der Waals surface area (Å²) < 4.78 is 17.9. The predicted octanol–water partition coefficient (Wildman–Crippen LogP) is 1.99. The first-order valence-corrected chi connectivity index (χ1v) is 5.57. The van der Waals surface area contributed by atoms with E-state index in [4.69, 9.17) is 14.2 Å². The van der Waals surface area contributed by atoms with E-state index in [2.05, 4.69) is 0 Å². The van der Waals surface area contributed by atoms with Crippen molar-refractivity contribution in [3.05, 3.63) is 42.7 Å². The fourth-order valence-electron chi connectivity index (χ4n) is 1.79. The van der Waals surface area contributed by atoms with Crippen LogP contribution in [0.25, 0.3) is 5.69 Å². The maximum atomic E-state index is 5.32. The molecule has 94 valence electrons. The van der Waals surface area contributed by atoms with Crippen LogP contribution in [0.4, 0.5) is 0 Å². The molecule has 0 aliphatic rings. The van der Waals surface area contributed by atoms with Crippen LogP contribution in [0.15, 0.2) is 42.7 Å². The number of rotatable bonds is 4. The number of methoxy groups -OCH3 is 3. The maximum Gasteiger partial charge on any atom is 0.218 e. The molecule has 0 amide bonds. The van der Waals surface area contributed by atoms with Gasteiger partial charge in [0, 0.05) is 12.1 Å². The van der Waals surface area contributed by atoms with Gasteiger partial charge in [0.05, 0.1) is 33.5 Å². The quantitative estimate of drug-likeness (QED) is 0.773. The molecule has 0 aliphatic carbocycles. The van der Waals surface area contributed by atoms with Gasteiger partial charge in [-0.3, -0.25) is 0 Å². The lowest BCUT2D eigenvalue weighted by atomic mass is 10.2. The Kier molecular flexibility index (Phi) is 3.67. The van der Waals surface area contributed by atoms with Crippen molar-refractivity contribution in [1.82, 2.24) is 0 Å². The molecular weight excluding hydrogens is 230 g/mol. The van der Waals surface area contributed by atoms with Gasteiger partial charge in [-0.25, -0.2) is 0 Å². The van der Waals surface area contributed by atoms with Crippen LogP contribution in [-0.2, 0) is 0 Å². The zero-order chi connectivity index (χ0) is 13.0. The van der Waals surface area contributed by atoms with Gasteiger partial charge in [-0.05, 0) is 0 Å². The van der Waals surface area contributed by atoms with E-state index in [1.807, 2.05) is 47.3 Å². The molecule has 0 saturated heterocycles. The van der Waals surface area contributed by atoms with Crippen molar-refractivity contribution in [3.8, 4) is 22.9 Å². The van der Waals surface area contributed by atoms with Crippen molar-refractivity contribution >= 4 is 0 Å². The summed E-state index contributed by atoms with van der Waals surface area (Å²) in [6, 6.07) is 9.70. The minimum absolute atomic E-state index is 0.597. The van der Waals surface area contributed by atoms with Gasteiger partial charge in [-0.1, -0.05) is 6.07 Å². The fourth-order valence-corrected chi connectivity index (χ4v) is 1.79. The van der Waals surface area contributed by atoms with Gasteiger partial charge in [0.15, 0.2) is 23.9 Å². The third kappa shape index (κ3) is 2.22. The molecule has 1 aromatic heterocycles. The number of aromatic nitrogens is 1. The van der Waals surface area contributed by atoms with Crippen LogP contribution in [-0.4, -0.2) is 21.3 Å². The third-order valence-corrected chi connectivity index (χ3v) is 2.66. The molecule has 0 unspecified atom stereocenters. The minimum Gasteiger partial charge on any atom is -0.492 e. The van der Waals surface area contributed by atoms with E-state index in [9.17, 15) is 0 Å². The first-order chi connectivity index (χ1) is 8.80. The molecule has 1 aromatic carbocycles. The molecule has 2 aromatic rings. The minimum atomic E-state index is 0.597. The van der Waals surface area contributed by atoms with Gasteiger partial charge in [-0.2, -0.15) is 4.57 Å². The number of hydrogen-bond acceptors (Lipinski definition) is 3. The Morgan fingerprint density at radius 2 is 1.33 bits per heavy atom. The topological polar surface area (TPSA) is 31.6 Å². The Labute approximate surface area is 106 Å². The largest absolute Gasteiger partial charge is 0.492 e. The number of nitrogens with zero attached hydrogens (tertiary/aromatic N) is 1. The molecule has 0 aliphatic heterocycles. The van der Waals surface area contributed by atoms with E-state index >= 15 is 0 Å². The second-order valence-electron chi connectivity index (χ2n) is 3.67. The Hall–Kier alpha value is -2.23. The van der Waals surface area contributed by atoms with Gasteiger partial charge >= 0.3 is 0 Å². The van der Waals surface area contributed by atoms with E-state index in [1.165, 1.54) is 0 Å². The number of pyridine rings is 1. The highest BCUT2D eigenvalue weighted by Gasteiger charge is 2.17. The van der Waals surface area contributed by atoms with E-state index < -0.39 is 0 Å². The van der Waals surface area contributed by atoms with Crippen LogP contribution < -0.4 is 18.8 Å².